The van der Waals surface area contributed by atoms with Crippen LogP contribution in [-0.4, -0.2) is 15.0 Å². The van der Waals surface area contributed by atoms with Crippen molar-refractivity contribution in [2.45, 2.75) is 45.6 Å². The van der Waals surface area contributed by atoms with Crippen LogP contribution < -0.4 is 11.3 Å². The standard InChI is InChI=1S/C14H21N5S/c1-9-6-16-13(17-7-9)10(19-15)5-12-18-11(8-20-12)14(2,3)4/h6-8,10,19H,5,15H2,1-4H3. The van der Waals surface area contributed by atoms with E-state index in [1.165, 1.54) is 0 Å². The predicted molar refractivity (Wildman–Crippen MR) is 81.4 cm³/mol. The number of nitrogens with two attached hydrogens (primary N) is 1. The van der Waals surface area contributed by atoms with Gasteiger partial charge in [0.05, 0.1) is 16.7 Å². The van der Waals surface area contributed by atoms with Crippen molar-refractivity contribution in [3.8, 4) is 0 Å². The molecule has 108 valence electrons. The smallest absolute Gasteiger partial charge is 0.146 e. The largest absolute Gasteiger partial charge is 0.271 e. The van der Waals surface area contributed by atoms with E-state index in [1.807, 2.05) is 6.92 Å². The Morgan fingerprint density at radius 3 is 2.45 bits per heavy atom. The molecule has 2 heterocycles. The minimum atomic E-state index is -0.116. The minimum absolute atomic E-state index is 0.0702. The van der Waals surface area contributed by atoms with Gasteiger partial charge in [0.25, 0.3) is 0 Å². The fourth-order valence-electron chi connectivity index (χ4n) is 1.73. The Kier molecular flexibility index (Phi) is 4.47. The molecule has 2 aromatic rings. The van der Waals surface area contributed by atoms with Gasteiger partial charge in [0.2, 0.25) is 0 Å². The van der Waals surface area contributed by atoms with Crippen molar-refractivity contribution >= 4 is 11.3 Å². The number of hydrazine groups is 1. The topological polar surface area (TPSA) is 76.7 Å². The summed E-state index contributed by atoms with van der Waals surface area (Å²) in [5, 5.41) is 3.15. The summed E-state index contributed by atoms with van der Waals surface area (Å²) in [6.07, 6.45) is 4.30. The molecule has 6 heteroatoms. The molecule has 1 atom stereocenters. The lowest BCUT2D eigenvalue weighted by molar-refractivity contribution is 0.516. The van der Waals surface area contributed by atoms with E-state index in [2.05, 4.69) is 46.5 Å². The zero-order chi connectivity index (χ0) is 14.8. The van der Waals surface area contributed by atoms with Gasteiger partial charge >= 0.3 is 0 Å². The van der Waals surface area contributed by atoms with E-state index in [0.29, 0.717) is 12.2 Å². The number of aryl methyl sites for hydroxylation is 1. The van der Waals surface area contributed by atoms with Gasteiger partial charge in [-0.3, -0.25) is 5.84 Å². The van der Waals surface area contributed by atoms with Crippen LogP contribution in [-0.2, 0) is 11.8 Å². The lowest BCUT2D eigenvalue weighted by Gasteiger charge is -2.15. The van der Waals surface area contributed by atoms with Gasteiger partial charge in [-0.2, -0.15) is 0 Å². The Bertz CT molecular complexity index is 556. The molecule has 2 aromatic heterocycles. The predicted octanol–water partition coefficient (Wildman–Crippen LogP) is 2.29. The van der Waals surface area contributed by atoms with Crippen LogP contribution in [0.25, 0.3) is 0 Å². The first kappa shape index (κ1) is 15.0. The summed E-state index contributed by atoms with van der Waals surface area (Å²) in [4.78, 5) is 13.3. The third-order valence-corrected chi connectivity index (χ3v) is 3.88. The summed E-state index contributed by atoms with van der Waals surface area (Å²) in [6.45, 7) is 8.44. The molecule has 0 aromatic carbocycles. The molecular weight excluding hydrogens is 270 g/mol. The van der Waals surface area contributed by atoms with Gasteiger partial charge in [0.15, 0.2) is 0 Å². The number of hydrogen-bond acceptors (Lipinski definition) is 6. The van der Waals surface area contributed by atoms with Crippen LogP contribution in [0.2, 0.25) is 0 Å². The molecule has 0 saturated heterocycles. The van der Waals surface area contributed by atoms with Gasteiger partial charge in [0.1, 0.15) is 5.82 Å². The first-order valence-electron chi connectivity index (χ1n) is 6.59. The normalized spacial score (nSPS) is 13.4. The molecular formula is C14H21N5S. The van der Waals surface area contributed by atoms with Gasteiger partial charge in [0, 0.05) is 29.6 Å². The second-order valence-corrected chi connectivity index (χ2v) is 6.86. The van der Waals surface area contributed by atoms with Crippen molar-refractivity contribution in [2.75, 3.05) is 0 Å². The summed E-state index contributed by atoms with van der Waals surface area (Å²) in [5.74, 6) is 6.33. The molecule has 0 spiro atoms. The first-order valence-corrected chi connectivity index (χ1v) is 7.47. The van der Waals surface area contributed by atoms with Crippen LogP contribution >= 0.6 is 11.3 Å². The maximum Gasteiger partial charge on any atom is 0.146 e. The van der Waals surface area contributed by atoms with Crippen molar-refractivity contribution in [3.05, 3.63) is 39.9 Å². The van der Waals surface area contributed by atoms with E-state index in [1.54, 1.807) is 23.7 Å². The molecule has 0 radical (unpaired) electrons. The zero-order valence-corrected chi connectivity index (χ0v) is 13.2. The minimum Gasteiger partial charge on any atom is -0.271 e. The van der Waals surface area contributed by atoms with Crippen molar-refractivity contribution in [3.63, 3.8) is 0 Å². The second kappa shape index (κ2) is 5.95. The monoisotopic (exact) mass is 291 g/mol. The zero-order valence-electron chi connectivity index (χ0n) is 12.3. The molecule has 0 amide bonds. The van der Waals surface area contributed by atoms with Gasteiger partial charge in [-0.05, 0) is 12.5 Å². The van der Waals surface area contributed by atoms with Gasteiger partial charge in [-0.15, -0.1) is 11.3 Å². The second-order valence-electron chi connectivity index (χ2n) is 5.92. The fourth-order valence-corrected chi connectivity index (χ4v) is 2.80. The van der Waals surface area contributed by atoms with Gasteiger partial charge in [-0.1, -0.05) is 20.8 Å². The molecule has 0 aliphatic rings. The number of nitrogens with zero attached hydrogens (tertiary/aromatic N) is 3. The van der Waals surface area contributed by atoms with Crippen LogP contribution in [0, 0.1) is 6.92 Å². The fraction of sp³-hybridized carbons (Fsp3) is 0.500. The maximum atomic E-state index is 5.63. The van der Waals surface area contributed by atoms with Crippen LogP contribution in [0.5, 0.6) is 0 Å². The first-order chi connectivity index (χ1) is 9.40. The van der Waals surface area contributed by atoms with E-state index >= 15 is 0 Å². The van der Waals surface area contributed by atoms with Crippen LogP contribution in [0.15, 0.2) is 17.8 Å². The average molecular weight is 291 g/mol. The highest BCUT2D eigenvalue weighted by Gasteiger charge is 2.20. The van der Waals surface area contributed by atoms with Gasteiger partial charge < -0.3 is 0 Å². The SMILES string of the molecule is Cc1cnc(C(Cc2nc(C(C)(C)C)cs2)NN)nc1. The van der Waals surface area contributed by atoms with Crippen molar-refractivity contribution in [1.29, 1.82) is 0 Å². The number of nitrogens with one attached hydrogen (secondary N) is 1. The van der Waals surface area contributed by atoms with E-state index in [4.69, 9.17) is 5.84 Å². The summed E-state index contributed by atoms with van der Waals surface area (Å²) in [6, 6.07) is -0.116. The molecule has 0 fully saturated rings. The summed E-state index contributed by atoms with van der Waals surface area (Å²) in [5.41, 5.74) is 4.99. The highest BCUT2D eigenvalue weighted by Crippen LogP contribution is 2.25. The lowest BCUT2D eigenvalue weighted by Crippen LogP contribution is -2.31. The third-order valence-electron chi connectivity index (χ3n) is 3.01. The molecule has 0 saturated carbocycles. The third kappa shape index (κ3) is 3.59. The Morgan fingerprint density at radius 1 is 1.30 bits per heavy atom. The molecule has 0 aliphatic heterocycles. The van der Waals surface area contributed by atoms with Gasteiger partial charge in [-0.25, -0.2) is 20.4 Å². The number of rotatable bonds is 4. The highest BCUT2D eigenvalue weighted by molar-refractivity contribution is 7.09. The molecule has 2 rings (SSSR count). The quantitative estimate of drug-likeness (QED) is 0.667. The highest BCUT2D eigenvalue weighted by atomic mass is 32.1. The number of thiazole rings is 1. The summed E-state index contributed by atoms with van der Waals surface area (Å²) < 4.78 is 0. The van der Waals surface area contributed by atoms with E-state index in [0.717, 1.165) is 16.3 Å². The number of aromatic nitrogens is 3. The maximum absolute atomic E-state index is 5.63. The Balaban J connectivity index is 2.14. The Morgan fingerprint density at radius 2 is 1.95 bits per heavy atom. The van der Waals surface area contributed by atoms with Crippen molar-refractivity contribution in [1.82, 2.24) is 20.4 Å². The molecule has 5 nitrogen and oxygen atoms in total. The van der Waals surface area contributed by atoms with E-state index < -0.39 is 0 Å². The van der Waals surface area contributed by atoms with Crippen LogP contribution in [0.3, 0.4) is 0 Å². The van der Waals surface area contributed by atoms with Crippen molar-refractivity contribution in [2.24, 2.45) is 5.84 Å². The molecule has 0 bridgehead atoms. The average Bonchev–Trinajstić information content (AvgIpc) is 2.85. The van der Waals surface area contributed by atoms with E-state index in [9.17, 15) is 0 Å². The summed E-state index contributed by atoms with van der Waals surface area (Å²) in [7, 11) is 0. The molecule has 20 heavy (non-hydrogen) atoms. The van der Waals surface area contributed by atoms with Crippen LogP contribution in [0.4, 0.5) is 0 Å². The molecule has 1 unspecified atom stereocenters. The molecule has 3 N–H and O–H groups in total. The van der Waals surface area contributed by atoms with Crippen LogP contribution in [0.1, 0.15) is 48.9 Å². The molecule has 0 aliphatic carbocycles. The van der Waals surface area contributed by atoms with E-state index in [-0.39, 0.29) is 11.5 Å². The Labute approximate surface area is 123 Å². The number of hydrogen-bond donors (Lipinski definition) is 2. The Hall–Kier alpha value is -1.37. The van der Waals surface area contributed by atoms with Crippen molar-refractivity contribution < 1.29 is 0 Å². The summed E-state index contributed by atoms with van der Waals surface area (Å²) >= 11 is 1.66. The lowest BCUT2D eigenvalue weighted by atomic mass is 9.93.